The van der Waals surface area contributed by atoms with E-state index in [1.165, 1.54) is 11.8 Å². The Kier molecular flexibility index (Phi) is 10.4. The maximum Gasteiger partial charge on any atom is 0.242 e. The summed E-state index contributed by atoms with van der Waals surface area (Å²) in [5, 5.41) is 2.99. The van der Waals surface area contributed by atoms with Gasteiger partial charge in [0.15, 0.2) is 0 Å². The van der Waals surface area contributed by atoms with Gasteiger partial charge in [-0.3, -0.25) is 9.59 Å². The lowest BCUT2D eigenvalue weighted by molar-refractivity contribution is -0.138. The van der Waals surface area contributed by atoms with Gasteiger partial charge in [0.2, 0.25) is 11.8 Å². The second-order valence-electron chi connectivity index (χ2n) is 7.71. The van der Waals surface area contributed by atoms with Gasteiger partial charge in [-0.2, -0.15) is 0 Å². The minimum atomic E-state index is -0.579. The second-order valence-corrected chi connectivity index (χ2v) is 8.69. The molecule has 1 N–H and O–H groups in total. The zero-order chi connectivity index (χ0) is 23.5. The van der Waals surface area contributed by atoms with Crippen molar-refractivity contribution in [1.82, 2.24) is 10.2 Å². The van der Waals surface area contributed by atoms with Crippen LogP contribution in [0.1, 0.15) is 38.3 Å². The molecule has 174 valence electrons. The van der Waals surface area contributed by atoms with Crippen LogP contribution in [-0.4, -0.2) is 48.8 Å². The van der Waals surface area contributed by atoms with E-state index in [9.17, 15) is 9.59 Å². The summed E-state index contributed by atoms with van der Waals surface area (Å²) in [4.78, 5) is 27.6. The quantitative estimate of drug-likeness (QED) is 0.515. The van der Waals surface area contributed by atoms with Crippen LogP contribution in [0.2, 0.25) is 0 Å². The summed E-state index contributed by atoms with van der Waals surface area (Å²) in [7, 11) is 3.25. The number of thioether (sulfide) groups is 1. The van der Waals surface area contributed by atoms with Gasteiger partial charge in [0, 0.05) is 18.3 Å². The molecular formula is C25H34N2O4S. The molecule has 0 unspecified atom stereocenters. The van der Waals surface area contributed by atoms with Crippen molar-refractivity contribution in [3.8, 4) is 11.5 Å². The monoisotopic (exact) mass is 458 g/mol. The van der Waals surface area contributed by atoms with Crippen LogP contribution in [0.5, 0.6) is 11.5 Å². The number of amides is 2. The molecule has 0 aliphatic heterocycles. The summed E-state index contributed by atoms with van der Waals surface area (Å²) in [5.41, 5.74) is 2.03. The lowest BCUT2D eigenvalue weighted by Crippen LogP contribution is -2.50. The van der Waals surface area contributed by atoms with Crippen molar-refractivity contribution in [2.45, 2.75) is 51.6 Å². The molecule has 2 aromatic rings. The van der Waals surface area contributed by atoms with Gasteiger partial charge in [-0.05, 0) is 55.7 Å². The third-order valence-electron chi connectivity index (χ3n) is 5.31. The second kappa shape index (κ2) is 13.0. The van der Waals surface area contributed by atoms with Crippen molar-refractivity contribution in [3.63, 3.8) is 0 Å². The van der Waals surface area contributed by atoms with Crippen LogP contribution < -0.4 is 14.8 Å². The minimum Gasteiger partial charge on any atom is -0.497 e. The van der Waals surface area contributed by atoms with Crippen molar-refractivity contribution < 1.29 is 19.1 Å². The first kappa shape index (κ1) is 25.6. The number of ether oxygens (including phenoxy) is 2. The van der Waals surface area contributed by atoms with Gasteiger partial charge in [0.05, 0.1) is 20.0 Å². The van der Waals surface area contributed by atoms with Gasteiger partial charge in [-0.25, -0.2) is 0 Å². The van der Waals surface area contributed by atoms with Crippen molar-refractivity contribution in [3.05, 3.63) is 59.7 Å². The summed E-state index contributed by atoms with van der Waals surface area (Å²) >= 11 is 1.53. The van der Waals surface area contributed by atoms with Crippen LogP contribution >= 0.6 is 11.8 Å². The Balaban J connectivity index is 2.08. The minimum absolute atomic E-state index is 0.0585. The first-order valence-electron chi connectivity index (χ1n) is 10.8. The zero-order valence-corrected chi connectivity index (χ0v) is 20.4. The molecule has 32 heavy (non-hydrogen) atoms. The Labute approximate surface area is 195 Å². The highest BCUT2D eigenvalue weighted by Crippen LogP contribution is 2.20. The summed E-state index contributed by atoms with van der Waals surface area (Å²) in [5.74, 6) is 2.31. The number of carbonyl (C=O) groups excluding carboxylic acids is 2. The predicted molar refractivity (Wildman–Crippen MR) is 130 cm³/mol. The van der Waals surface area contributed by atoms with Gasteiger partial charge >= 0.3 is 0 Å². The van der Waals surface area contributed by atoms with Crippen LogP contribution in [0.25, 0.3) is 0 Å². The van der Waals surface area contributed by atoms with E-state index in [1.54, 1.807) is 26.0 Å². The average Bonchev–Trinajstić information content (AvgIpc) is 2.82. The average molecular weight is 459 g/mol. The van der Waals surface area contributed by atoms with E-state index in [1.807, 2.05) is 62.4 Å². The zero-order valence-electron chi connectivity index (χ0n) is 19.6. The number of carbonyl (C=O) groups is 2. The summed E-state index contributed by atoms with van der Waals surface area (Å²) < 4.78 is 10.5. The number of benzene rings is 2. The van der Waals surface area contributed by atoms with Crippen LogP contribution in [-0.2, 0) is 21.9 Å². The molecule has 0 aromatic heterocycles. The highest BCUT2D eigenvalue weighted by Gasteiger charge is 2.26. The Morgan fingerprint density at radius 3 is 2.31 bits per heavy atom. The lowest BCUT2D eigenvalue weighted by Gasteiger charge is -2.29. The van der Waals surface area contributed by atoms with Crippen LogP contribution in [0.3, 0.4) is 0 Å². The molecule has 0 radical (unpaired) electrons. The maximum absolute atomic E-state index is 13.2. The molecule has 7 heteroatoms. The fourth-order valence-corrected chi connectivity index (χ4v) is 3.95. The van der Waals surface area contributed by atoms with Crippen molar-refractivity contribution in [2.24, 2.45) is 0 Å². The molecule has 2 amide bonds. The number of rotatable bonds is 12. The number of hydrogen-bond donors (Lipinski definition) is 1. The van der Waals surface area contributed by atoms with Crippen LogP contribution in [0.4, 0.5) is 0 Å². The molecule has 2 atom stereocenters. The Morgan fingerprint density at radius 2 is 1.69 bits per heavy atom. The molecule has 0 aliphatic rings. The van der Waals surface area contributed by atoms with E-state index in [-0.39, 0.29) is 23.6 Å². The standard InChI is InChI=1S/C25H34N2O4S/c1-6-18(2)26-25(29)19(3)27(15-21-8-7-9-23(14-21)31-5)24(28)17-32-16-20-10-12-22(30-4)13-11-20/h7-14,18-19H,6,15-17H2,1-5H3,(H,26,29)/t18-,19-/m1/s1. The van der Waals surface area contributed by atoms with E-state index in [0.717, 1.165) is 29.0 Å². The van der Waals surface area contributed by atoms with Gasteiger partial charge < -0.3 is 19.7 Å². The number of nitrogens with one attached hydrogen (secondary N) is 1. The van der Waals surface area contributed by atoms with Gasteiger partial charge in [0.1, 0.15) is 17.5 Å². The first-order chi connectivity index (χ1) is 15.4. The molecule has 0 fully saturated rings. The van der Waals surface area contributed by atoms with E-state index in [0.29, 0.717) is 12.3 Å². The summed E-state index contributed by atoms with van der Waals surface area (Å²) in [6.07, 6.45) is 0.833. The molecule has 0 saturated heterocycles. The number of nitrogens with zero attached hydrogens (tertiary/aromatic N) is 1. The Hall–Kier alpha value is -2.67. The number of hydrogen-bond acceptors (Lipinski definition) is 5. The summed E-state index contributed by atoms with van der Waals surface area (Å²) in [6, 6.07) is 14.9. The maximum atomic E-state index is 13.2. The first-order valence-corrected chi connectivity index (χ1v) is 12.0. The predicted octanol–water partition coefficient (Wildman–Crippen LogP) is 4.27. The van der Waals surface area contributed by atoms with Crippen LogP contribution in [0.15, 0.2) is 48.5 Å². The molecular weight excluding hydrogens is 424 g/mol. The molecule has 0 bridgehead atoms. The van der Waals surface area contributed by atoms with E-state index < -0.39 is 6.04 Å². The highest BCUT2D eigenvalue weighted by atomic mass is 32.2. The van der Waals surface area contributed by atoms with Gasteiger partial charge in [-0.1, -0.05) is 31.2 Å². The van der Waals surface area contributed by atoms with E-state index >= 15 is 0 Å². The normalized spacial score (nSPS) is 12.5. The molecule has 0 saturated carbocycles. The highest BCUT2D eigenvalue weighted by molar-refractivity contribution is 7.99. The fraction of sp³-hybridized carbons (Fsp3) is 0.440. The Bertz CT molecular complexity index is 873. The van der Waals surface area contributed by atoms with E-state index in [4.69, 9.17) is 9.47 Å². The molecule has 2 aromatic carbocycles. The topological polar surface area (TPSA) is 67.9 Å². The third-order valence-corrected chi connectivity index (χ3v) is 6.30. The van der Waals surface area contributed by atoms with Crippen molar-refractivity contribution in [1.29, 1.82) is 0 Å². The number of methoxy groups -OCH3 is 2. The SMILES string of the molecule is CC[C@@H](C)NC(=O)[C@@H](C)N(Cc1cccc(OC)c1)C(=O)CSCc1ccc(OC)cc1. The molecule has 2 rings (SSSR count). The van der Waals surface area contributed by atoms with Crippen LogP contribution in [0, 0.1) is 0 Å². The largest absolute Gasteiger partial charge is 0.497 e. The molecule has 6 nitrogen and oxygen atoms in total. The molecule has 0 heterocycles. The summed E-state index contributed by atoms with van der Waals surface area (Å²) in [6.45, 7) is 6.10. The Morgan fingerprint density at radius 1 is 1.00 bits per heavy atom. The fourth-order valence-electron chi connectivity index (χ4n) is 3.08. The third kappa shape index (κ3) is 7.79. The van der Waals surface area contributed by atoms with Gasteiger partial charge in [0.25, 0.3) is 0 Å². The van der Waals surface area contributed by atoms with Crippen molar-refractivity contribution >= 4 is 23.6 Å². The lowest BCUT2D eigenvalue weighted by atomic mass is 10.1. The molecule has 0 aliphatic carbocycles. The van der Waals surface area contributed by atoms with E-state index in [2.05, 4.69) is 5.32 Å². The smallest absolute Gasteiger partial charge is 0.242 e. The van der Waals surface area contributed by atoms with Crippen molar-refractivity contribution in [2.75, 3.05) is 20.0 Å². The molecule has 0 spiro atoms. The van der Waals surface area contributed by atoms with Gasteiger partial charge in [-0.15, -0.1) is 11.8 Å².